The zero-order valence-corrected chi connectivity index (χ0v) is 8.58. The third kappa shape index (κ3) is 1.66. The minimum atomic E-state index is -4.36. The summed E-state index contributed by atoms with van der Waals surface area (Å²) in [5.41, 5.74) is 0.464. The first kappa shape index (κ1) is 11.0. The zero-order valence-electron chi connectivity index (χ0n) is 8.58. The molecule has 1 aliphatic heterocycles. The molecule has 0 aromatic heterocycles. The van der Waals surface area contributed by atoms with E-state index in [1.54, 1.807) is 11.9 Å². The van der Waals surface area contributed by atoms with Gasteiger partial charge in [0.2, 0.25) is 0 Å². The maximum absolute atomic E-state index is 12.5. The maximum Gasteiger partial charge on any atom is 0.416 e. The Balaban J connectivity index is 2.50. The molecule has 0 N–H and O–H groups in total. The number of benzene rings is 1. The molecule has 86 valence electrons. The zero-order chi connectivity index (χ0) is 11.9. The second kappa shape index (κ2) is 3.50. The first-order valence-corrected chi connectivity index (χ1v) is 4.81. The Hall–Kier alpha value is -1.52. The van der Waals surface area contributed by atoms with E-state index in [1.807, 2.05) is 0 Å². The molecule has 0 bridgehead atoms. The lowest BCUT2D eigenvalue weighted by Crippen LogP contribution is -2.15. The van der Waals surface area contributed by atoms with Gasteiger partial charge in [0.15, 0.2) is 0 Å². The number of nitrogens with zero attached hydrogens (tertiary/aromatic N) is 1. The number of halogens is 3. The van der Waals surface area contributed by atoms with Crippen molar-refractivity contribution in [3.8, 4) is 0 Å². The fourth-order valence-corrected chi connectivity index (χ4v) is 1.98. The number of rotatable bonds is 1. The summed E-state index contributed by atoms with van der Waals surface area (Å²) in [6.45, 7) is 0.445. The quantitative estimate of drug-likeness (QED) is 0.689. The molecular weight excluding hydrogens is 219 g/mol. The van der Waals surface area contributed by atoms with Gasteiger partial charge in [-0.2, -0.15) is 13.2 Å². The van der Waals surface area contributed by atoms with E-state index in [4.69, 9.17) is 0 Å². The van der Waals surface area contributed by atoms with Crippen molar-refractivity contribution in [1.82, 2.24) is 0 Å². The molecule has 0 aliphatic carbocycles. The van der Waals surface area contributed by atoms with E-state index in [0.29, 0.717) is 24.1 Å². The monoisotopic (exact) mass is 229 g/mol. The summed E-state index contributed by atoms with van der Waals surface area (Å²) in [5.74, 6) is -0.456. The van der Waals surface area contributed by atoms with Crippen LogP contribution in [0, 0.1) is 0 Å². The highest BCUT2D eigenvalue weighted by molar-refractivity contribution is 5.74. The molecule has 2 rings (SSSR count). The predicted octanol–water partition coefficient (Wildman–Crippen LogP) is 2.44. The van der Waals surface area contributed by atoms with Crippen LogP contribution in [0.1, 0.15) is 17.0 Å². The number of fused-ring (bicyclic) bond motifs is 1. The van der Waals surface area contributed by atoms with Crippen LogP contribution in [0.2, 0.25) is 0 Å². The van der Waals surface area contributed by atoms with Crippen LogP contribution in [0.15, 0.2) is 18.2 Å². The van der Waals surface area contributed by atoms with Gasteiger partial charge in [-0.3, -0.25) is 0 Å². The normalized spacial score (nSPS) is 19.8. The molecule has 1 aliphatic rings. The molecule has 1 heterocycles. The number of alkyl halides is 3. The molecule has 0 radical (unpaired) electrons. The van der Waals surface area contributed by atoms with E-state index in [1.165, 1.54) is 6.07 Å². The summed E-state index contributed by atoms with van der Waals surface area (Å²) < 4.78 is 37.4. The van der Waals surface area contributed by atoms with Gasteiger partial charge in [0, 0.05) is 19.3 Å². The lowest BCUT2D eigenvalue weighted by molar-refractivity contribution is -0.137. The SMILES string of the molecule is CN1CC(C=O)c2cc(C(F)(F)F)ccc21. The van der Waals surface area contributed by atoms with Gasteiger partial charge in [-0.05, 0) is 23.8 Å². The number of carbonyl (C=O) groups is 1. The van der Waals surface area contributed by atoms with Crippen molar-refractivity contribution in [2.24, 2.45) is 0 Å². The standard InChI is InChI=1S/C11H10F3NO/c1-15-5-7(6-16)9-4-8(11(12,13)14)2-3-10(9)15/h2-4,6-7H,5H2,1H3. The third-order valence-electron chi connectivity index (χ3n) is 2.80. The van der Waals surface area contributed by atoms with Gasteiger partial charge < -0.3 is 9.69 Å². The molecule has 0 amide bonds. The molecule has 0 saturated carbocycles. The van der Waals surface area contributed by atoms with Gasteiger partial charge >= 0.3 is 6.18 Å². The van der Waals surface area contributed by atoms with E-state index >= 15 is 0 Å². The molecule has 2 nitrogen and oxygen atoms in total. The van der Waals surface area contributed by atoms with Crippen molar-refractivity contribution < 1.29 is 18.0 Å². The highest BCUT2D eigenvalue weighted by atomic mass is 19.4. The summed E-state index contributed by atoms with van der Waals surface area (Å²) in [6, 6.07) is 3.53. The number of carbonyl (C=O) groups excluding carboxylic acids is 1. The first-order valence-electron chi connectivity index (χ1n) is 4.81. The van der Waals surface area contributed by atoms with Crippen LogP contribution in [0.5, 0.6) is 0 Å². The number of aldehydes is 1. The molecule has 5 heteroatoms. The van der Waals surface area contributed by atoms with Crippen molar-refractivity contribution >= 4 is 12.0 Å². The largest absolute Gasteiger partial charge is 0.416 e. The molecule has 0 spiro atoms. The van der Waals surface area contributed by atoms with Crippen LogP contribution < -0.4 is 4.90 Å². The van der Waals surface area contributed by atoms with Gasteiger partial charge in [-0.15, -0.1) is 0 Å². The van der Waals surface area contributed by atoms with Gasteiger partial charge in [-0.25, -0.2) is 0 Å². The maximum atomic E-state index is 12.5. The second-order valence-electron chi connectivity index (χ2n) is 3.89. The summed E-state index contributed by atoms with van der Waals surface area (Å²) in [7, 11) is 1.76. The van der Waals surface area contributed by atoms with E-state index in [2.05, 4.69) is 0 Å². The van der Waals surface area contributed by atoms with Crippen molar-refractivity contribution in [1.29, 1.82) is 0 Å². The van der Waals surface area contributed by atoms with Crippen molar-refractivity contribution in [2.45, 2.75) is 12.1 Å². The van der Waals surface area contributed by atoms with Gasteiger partial charge in [0.25, 0.3) is 0 Å². The Morgan fingerprint density at radius 2 is 2.12 bits per heavy atom. The minimum Gasteiger partial charge on any atom is -0.373 e. The fraction of sp³-hybridized carbons (Fsp3) is 0.364. The Kier molecular flexibility index (Phi) is 2.40. The van der Waals surface area contributed by atoms with Crippen molar-refractivity contribution in [3.63, 3.8) is 0 Å². The van der Waals surface area contributed by atoms with Crippen LogP contribution in [-0.2, 0) is 11.0 Å². The number of hydrogen-bond donors (Lipinski definition) is 0. The average molecular weight is 229 g/mol. The number of likely N-dealkylation sites (N-methyl/N-ethyl adjacent to an activating group) is 1. The summed E-state index contributed by atoms with van der Waals surface area (Å²) >= 11 is 0. The molecule has 0 fully saturated rings. The Morgan fingerprint density at radius 3 is 2.69 bits per heavy atom. The fourth-order valence-electron chi connectivity index (χ4n) is 1.98. The number of anilines is 1. The Labute approximate surface area is 90.7 Å². The van der Waals surface area contributed by atoms with E-state index in [-0.39, 0.29) is 0 Å². The molecular formula is C11H10F3NO. The molecule has 1 aromatic carbocycles. The average Bonchev–Trinajstić information content (AvgIpc) is 2.54. The Morgan fingerprint density at radius 1 is 1.44 bits per heavy atom. The van der Waals surface area contributed by atoms with Crippen molar-refractivity contribution in [2.75, 3.05) is 18.5 Å². The first-order chi connectivity index (χ1) is 7.43. The smallest absolute Gasteiger partial charge is 0.373 e. The molecule has 1 unspecified atom stereocenters. The van der Waals surface area contributed by atoms with E-state index in [9.17, 15) is 18.0 Å². The van der Waals surface area contributed by atoms with E-state index in [0.717, 1.165) is 12.1 Å². The lowest BCUT2D eigenvalue weighted by Gasteiger charge is -2.12. The van der Waals surface area contributed by atoms with Crippen LogP contribution in [-0.4, -0.2) is 19.9 Å². The molecule has 16 heavy (non-hydrogen) atoms. The predicted molar refractivity (Wildman–Crippen MR) is 53.5 cm³/mol. The van der Waals surface area contributed by atoms with Gasteiger partial charge in [0.1, 0.15) is 6.29 Å². The lowest BCUT2D eigenvalue weighted by atomic mass is 10.0. The molecule has 0 saturated heterocycles. The summed E-state index contributed by atoms with van der Waals surface area (Å²) in [6.07, 6.45) is -3.66. The highest BCUT2D eigenvalue weighted by Gasteiger charge is 2.34. The highest BCUT2D eigenvalue weighted by Crippen LogP contribution is 2.38. The van der Waals surface area contributed by atoms with Crippen LogP contribution in [0.25, 0.3) is 0 Å². The minimum absolute atomic E-state index is 0.445. The Bertz CT molecular complexity index is 428. The van der Waals surface area contributed by atoms with Gasteiger partial charge in [-0.1, -0.05) is 0 Å². The van der Waals surface area contributed by atoms with Crippen LogP contribution >= 0.6 is 0 Å². The van der Waals surface area contributed by atoms with Crippen LogP contribution in [0.4, 0.5) is 18.9 Å². The summed E-state index contributed by atoms with van der Waals surface area (Å²) in [5, 5.41) is 0. The van der Waals surface area contributed by atoms with Crippen LogP contribution in [0.3, 0.4) is 0 Å². The summed E-state index contributed by atoms with van der Waals surface area (Å²) in [4.78, 5) is 12.6. The second-order valence-corrected chi connectivity index (χ2v) is 3.89. The van der Waals surface area contributed by atoms with E-state index < -0.39 is 17.7 Å². The third-order valence-corrected chi connectivity index (χ3v) is 2.80. The molecule has 1 aromatic rings. The molecule has 1 atom stereocenters. The topological polar surface area (TPSA) is 20.3 Å². The van der Waals surface area contributed by atoms with Crippen molar-refractivity contribution in [3.05, 3.63) is 29.3 Å². The van der Waals surface area contributed by atoms with Gasteiger partial charge in [0.05, 0.1) is 11.5 Å². The number of hydrogen-bond acceptors (Lipinski definition) is 2.